The molecule has 0 spiro atoms. The van der Waals surface area contributed by atoms with Gasteiger partial charge in [0.25, 0.3) is 0 Å². The van der Waals surface area contributed by atoms with E-state index in [2.05, 4.69) is 17.2 Å². The van der Waals surface area contributed by atoms with Gasteiger partial charge in [0, 0.05) is 7.05 Å². The molecule has 2 aromatic rings. The highest BCUT2D eigenvalue weighted by Gasteiger charge is 2.21. The number of fused-ring (bicyclic) bond motifs is 1. The summed E-state index contributed by atoms with van der Waals surface area (Å²) in [6.07, 6.45) is 2.38. The molecule has 1 aliphatic heterocycles. The number of ether oxygens (including phenoxy) is 1. The van der Waals surface area contributed by atoms with Gasteiger partial charge in [0.15, 0.2) is 0 Å². The maximum Gasteiger partial charge on any atom is 0.345 e. The molecule has 0 aliphatic carbocycles. The van der Waals surface area contributed by atoms with Crippen LogP contribution in [0.2, 0.25) is 0 Å². The van der Waals surface area contributed by atoms with Gasteiger partial charge in [-0.25, -0.2) is 9.48 Å². The minimum Gasteiger partial charge on any atom is -0.371 e. The molecule has 5 nitrogen and oxygen atoms in total. The van der Waals surface area contributed by atoms with Crippen LogP contribution in [0.5, 0.6) is 0 Å². The lowest BCUT2D eigenvalue weighted by molar-refractivity contribution is 0.0275. The monoisotopic (exact) mass is 245 g/mol. The summed E-state index contributed by atoms with van der Waals surface area (Å²) in [5, 5.41) is 4.07. The fourth-order valence-electron chi connectivity index (χ4n) is 2.33. The highest BCUT2D eigenvalue weighted by molar-refractivity contribution is 5.30. The first-order valence-electron chi connectivity index (χ1n) is 6.03. The second kappa shape index (κ2) is 4.42. The van der Waals surface area contributed by atoms with Gasteiger partial charge in [-0.2, -0.15) is 5.10 Å². The van der Waals surface area contributed by atoms with Gasteiger partial charge < -0.3 is 4.74 Å². The van der Waals surface area contributed by atoms with Crippen LogP contribution < -0.4 is 5.69 Å². The van der Waals surface area contributed by atoms with Crippen LogP contribution in [0.4, 0.5) is 0 Å². The normalized spacial score (nSPS) is 18.6. The minimum atomic E-state index is -0.110. The van der Waals surface area contributed by atoms with Crippen molar-refractivity contribution in [2.24, 2.45) is 7.05 Å². The first-order valence-corrected chi connectivity index (χ1v) is 6.03. The molecule has 5 heteroatoms. The Morgan fingerprint density at radius 2 is 2.28 bits per heavy atom. The zero-order valence-corrected chi connectivity index (χ0v) is 10.2. The van der Waals surface area contributed by atoms with E-state index in [0.717, 1.165) is 6.42 Å². The molecule has 3 rings (SSSR count). The van der Waals surface area contributed by atoms with Crippen molar-refractivity contribution in [2.75, 3.05) is 6.61 Å². The third kappa shape index (κ3) is 1.86. The van der Waals surface area contributed by atoms with Crippen molar-refractivity contribution in [3.05, 3.63) is 52.2 Å². The van der Waals surface area contributed by atoms with Gasteiger partial charge in [-0.05, 0) is 17.5 Å². The molecule has 1 atom stereocenters. The second-order valence-corrected chi connectivity index (χ2v) is 4.51. The summed E-state index contributed by atoms with van der Waals surface area (Å²) < 4.78 is 8.68. The Hall–Kier alpha value is -1.88. The molecule has 0 saturated carbocycles. The Morgan fingerprint density at radius 1 is 1.44 bits per heavy atom. The SMILES string of the molecule is Cn1cnn(CC2OCCc3ccccc32)c1=O. The largest absolute Gasteiger partial charge is 0.371 e. The standard InChI is InChI=1S/C13H15N3O2/c1-15-9-14-16(13(15)17)8-12-11-5-3-2-4-10(11)6-7-18-12/h2-5,9,12H,6-8H2,1H3. The van der Waals surface area contributed by atoms with Crippen LogP contribution in [0.15, 0.2) is 35.4 Å². The topological polar surface area (TPSA) is 49.0 Å². The van der Waals surface area contributed by atoms with Gasteiger partial charge in [-0.1, -0.05) is 24.3 Å². The van der Waals surface area contributed by atoms with E-state index < -0.39 is 0 Å². The molecule has 2 heterocycles. The third-order valence-electron chi connectivity index (χ3n) is 3.32. The molecular formula is C13H15N3O2. The van der Waals surface area contributed by atoms with Gasteiger partial charge >= 0.3 is 5.69 Å². The van der Waals surface area contributed by atoms with E-state index in [9.17, 15) is 4.79 Å². The number of benzene rings is 1. The van der Waals surface area contributed by atoms with E-state index in [1.807, 2.05) is 12.1 Å². The first-order chi connectivity index (χ1) is 8.75. The highest BCUT2D eigenvalue weighted by Crippen LogP contribution is 2.27. The number of aromatic nitrogens is 3. The van der Waals surface area contributed by atoms with E-state index in [1.165, 1.54) is 26.7 Å². The van der Waals surface area contributed by atoms with Crippen LogP contribution in [-0.4, -0.2) is 21.0 Å². The number of nitrogens with zero attached hydrogens (tertiary/aromatic N) is 3. The smallest absolute Gasteiger partial charge is 0.345 e. The van der Waals surface area contributed by atoms with Gasteiger partial charge in [0.1, 0.15) is 12.4 Å². The summed E-state index contributed by atoms with van der Waals surface area (Å²) in [6, 6.07) is 8.22. The highest BCUT2D eigenvalue weighted by atomic mass is 16.5. The molecule has 1 aromatic heterocycles. The molecule has 1 unspecified atom stereocenters. The maximum absolute atomic E-state index is 11.8. The van der Waals surface area contributed by atoms with Crippen LogP contribution in [-0.2, 0) is 24.8 Å². The fourth-order valence-corrected chi connectivity index (χ4v) is 2.33. The minimum absolute atomic E-state index is 0.0810. The molecule has 1 aromatic carbocycles. The van der Waals surface area contributed by atoms with E-state index in [4.69, 9.17) is 4.74 Å². The van der Waals surface area contributed by atoms with Crippen molar-refractivity contribution in [1.82, 2.24) is 14.3 Å². The van der Waals surface area contributed by atoms with E-state index in [-0.39, 0.29) is 11.8 Å². The predicted octanol–water partition coefficient (Wildman–Crippen LogP) is 0.896. The van der Waals surface area contributed by atoms with Crippen molar-refractivity contribution in [1.29, 1.82) is 0 Å². The van der Waals surface area contributed by atoms with Crippen LogP contribution in [0.25, 0.3) is 0 Å². The zero-order chi connectivity index (χ0) is 12.5. The summed E-state index contributed by atoms with van der Waals surface area (Å²) >= 11 is 0. The van der Waals surface area contributed by atoms with E-state index >= 15 is 0 Å². The summed E-state index contributed by atoms with van der Waals surface area (Å²) in [4.78, 5) is 11.8. The fraction of sp³-hybridized carbons (Fsp3) is 0.385. The quantitative estimate of drug-likeness (QED) is 0.789. The van der Waals surface area contributed by atoms with Gasteiger partial charge in [-0.3, -0.25) is 4.57 Å². The lowest BCUT2D eigenvalue weighted by Crippen LogP contribution is -2.28. The van der Waals surface area contributed by atoms with Crippen molar-refractivity contribution in [3.8, 4) is 0 Å². The third-order valence-corrected chi connectivity index (χ3v) is 3.32. The Morgan fingerprint density at radius 3 is 3.06 bits per heavy atom. The van der Waals surface area contributed by atoms with Gasteiger partial charge in [0.2, 0.25) is 0 Å². The van der Waals surface area contributed by atoms with Crippen molar-refractivity contribution in [3.63, 3.8) is 0 Å². The molecule has 18 heavy (non-hydrogen) atoms. The number of hydrogen-bond acceptors (Lipinski definition) is 3. The van der Waals surface area contributed by atoms with Gasteiger partial charge in [0.05, 0.1) is 13.2 Å². The maximum atomic E-state index is 11.8. The molecular weight excluding hydrogens is 230 g/mol. The van der Waals surface area contributed by atoms with Crippen molar-refractivity contribution in [2.45, 2.75) is 19.1 Å². The molecule has 94 valence electrons. The summed E-state index contributed by atoms with van der Waals surface area (Å²) in [5.41, 5.74) is 2.36. The molecule has 0 bridgehead atoms. The van der Waals surface area contributed by atoms with Gasteiger partial charge in [-0.15, -0.1) is 0 Å². The van der Waals surface area contributed by atoms with E-state index in [0.29, 0.717) is 13.2 Å². The Labute approximate surface area is 105 Å². The van der Waals surface area contributed by atoms with Crippen LogP contribution in [0.1, 0.15) is 17.2 Å². The average Bonchev–Trinajstić information content (AvgIpc) is 2.71. The molecule has 0 fully saturated rings. The lowest BCUT2D eigenvalue weighted by atomic mass is 9.98. The average molecular weight is 245 g/mol. The number of aryl methyl sites for hydroxylation is 1. The zero-order valence-electron chi connectivity index (χ0n) is 10.2. The summed E-state index contributed by atoms with van der Waals surface area (Å²) in [7, 11) is 1.70. The van der Waals surface area contributed by atoms with Crippen molar-refractivity contribution >= 4 is 0 Å². The summed E-state index contributed by atoms with van der Waals surface area (Å²) in [5.74, 6) is 0. The first kappa shape index (κ1) is 11.2. The molecule has 0 amide bonds. The Kier molecular flexibility index (Phi) is 2.76. The van der Waals surface area contributed by atoms with Crippen LogP contribution >= 0.6 is 0 Å². The number of hydrogen-bond donors (Lipinski definition) is 0. The summed E-state index contributed by atoms with van der Waals surface area (Å²) in [6.45, 7) is 1.17. The molecule has 0 saturated heterocycles. The molecule has 0 N–H and O–H groups in total. The predicted molar refractivity (Wildman–Crippen MR) is 66.3 cm³/mol. The molecule has 0 radical (unpaired) electrons. The van der Waals surface area contributed by atoms with Crippen LogP contribution in [0, 0.1) is 0 Å². The lowest BCUT2D eigenvalue weighted by Gasteiger charge is -2.25. The Bertz CT molecular complexity index is 615. The van der Waals surface area contributed by atoms with Crippen LogP contribution in [0.3, 0.4) is 0 Å². The van der Waals surface area contributed by atoms with E-state index in [1.54, 1.807) is 7.05 Å². The molecule has 1 aliphatic rings. The Balaban J connectivity index is 1.91. The number of rotatable bonds is 2. The van der Waals surface area contributed by atoms with Crippen molar-refractivity contribution < 1.29 is 4.74 Å². The second-order valence-electron chi connectivity index (χ2n) is 4.51.